The van der Waals surface area contributed by atoms with Gasteiger partial charge in [-0.15, -0.1) is 0 Å². The molecule has 0 unspecified atom stereocenters. The highest BCUT2D eigenvalue weighted by Gasteiger charge is 1.94. The van der Waals surface area contributed by atoms with Crippen LogP contribution in [0.3, 0.4) is 0 Å². The Morgan fingerprint density at radius 1 is 1.31 bits per heavy atom. The van der Waals surface area contributed by atoms with Crippen LogP contribution in [0.1, 0.15) is 24.3 Å². The van der Waals surface area contributed by atoms with Gasteiger partial charge in [0, 0.05) is 14.1 Å². The molecule has 0 saturated carbocycles. The highest BCUT2D eigenvalue weighted by molar-refractivity contribution is 5.72. The molecular formula is C10H16N2O. The molecule has 1 aromatic heterocycles. The van der Waals surface area contributed by atoms with Crippen LogP contribution >= 0.6 is 0 Å². The van der Waals surface area contributed by atoms with E-state index in [0.29, 0.717) is 5.69 Å². The Morgan fingerprint density at radius 2 is 1.92 bits per heavy atom. The molecule has 0 radical (unpaired) electrons. The molecule has 72 valence electrons. The number of carbonyl (C=O) groups excluding carboxylic acids is 1. The zero-order chi connectivity index (χ0) is 10.3. The third-order valence-electron chi connectivity index (χ3n) is 1.41. The summed E-state index contributed by atoms with van der Waals surface area (Å²) in [6, 6.07) is 3.55. The molecule has 0 saturated heterocycles. The van der Waals surface area contributed by atoms with E-state index in [2.05, 4.69) is 4.98 Å². The van der Waals surface area contributed by atoms with E-state index < -0.39 is 0 Å². The second-order valence-electron chi connectivity index (χ2n) is 2.45. The molecule has 1 aromatic rings. The van der Waals surface area contributed by atoms with E-state index in [4.69, 9.17) is 0 Å². The SMILES string of the molecule is CC.CN(C)c1ccc(C=O)nc1. The van der Waals surface area contributed by atoms with Crippen molar-refractivity contribution >= 4 is 12.0 Å². The molecular weight excluding hydrogens is 164 g/mol. The van der Waals surface area contributed by atoms with E-state index in [1.165, 1.54) is 0 Å². The normalized spacial score (nSPS) is 8.31. The monoisotopic (exact) mass is 180 g/mol. The lowest BCUT2D eigenvalue weighted by Crippen LogP contribution is -2.08. The standard InChI is InChI=1S/C8H10N2O.C2H6/c1-10(2)8-4-3-7(6-11)9-5-8;1-2/h3-6H,1-2H3;1-2H3. The second kappa shape index (κ2) is 6.17. The summed E-state index contributed by atoms with van der Waals surface area (Å²) < 4.78 is 0. The Bertz CT molecular complexity index is 242. The van der Waals surface area contributed by atoms with Gasteiger partial charge in [-0.2, -0.15) is 0 Å². The van der Waals surface area contributed by atoms with Crippen molar-refractivity contribution < 1.29 is 4.79 Å². The fraction of sp³-hybridized carbons (Fsp3) is 0.400. The molecule has 13 heavy (non-hydrogen) atoms. The fourth-order valence-electron chi connectivity index (χ4n) is 0.732. The van der Waals surface area contributed by atoms with Crippen molar-refractivity contribution in [2.24, 2.45) is 0 Å². The summed E-state index contributed by atoms with van der Waals surface area (Å²) in [5, 5.41) is 0. The number of pyridine rings is 1. The second-order valence-corrected chi connectivity index (χ2v) is 2.45. The first-order chi connectivity index (χ1) is 6.24. The molecule has 3 nitrogen and oxygen atoms in total. The van der Waals surface area contributed by atoms with Gasteiger partial charge >= 0.3 is 0 Å². The van der Waals surface area contributed by atoms with Gasteiger partial charge in [0.2, 0.25) is 0 Å². The van der Waals surface area contributed by atoms with Crippen molar-refractivity contribution in [3.8, 4) is 0 Å². The first-order valence-electron chi connectivity index (χ1n) is 4.32. The highest BCUT2D eigenvalue weighted by Crippen LogP contribution is 2.07. The summed E-state index contributed by atoms with van der Waals surface area (Å²) in [4.78, 5) is 16.1. The van der Waals surface area contributed by atoms with E-state index in [1.807, 2.05) is 38.9 Å². The number of anilines is 1. The summed E-state index contributed by atoms with van der Waals surface area (Å²) in [6.07, 6.45) is 2.41. The minimum Gasteiger partial charge on any atom is -0.376 e. The Balaban J connectivity index is 0.000000671. The number of aldehydes is 1. The van der Waals surface area contributed by atoms with Crippen LogP contribution in [0.5, 0.6) is 0 Å². The Morgan fingerprint density at radius 3 is 2.23 bits per heavy atom. The van der Waals surface area contributed by atoms with Crippen LogP contribution in [0.4, 0.5) is 5.69 Å². The maximum Gasteiger partial charge on any atom is 0.168 e. The predicted molar refractivity (Wildman–Crippen MR) is 55.3 cm³/mol. The van der Waals surface area contributed by atoms with Crippen molar-refractivity contribution in [1.29, 1.82) is 0 Å². The van der Waals surface area contributed by atoms with Gasteiger partial charge in [-0.3, -0.25) is 9.78 Å². The van der Waals surface area contributed by atoms with Gasteiger partial charge in [-0.05, 0) is 12.1 Å². The molecule has 0 atom stereocenters. The van der Waals surface area contributed by atoms with Gasteiger partial charge in [-0.1, -0.05) is 13.8 Å². The number of nitrogens with zero attached hydrogens (tertiary/aromatic N) is 2. The van der Waals surface area contributed by atoms with Crippen LogP contribution in [0, 0.1) is 0 Å². The molecule has 0 bridgehead atoms. The third-order valence-corrected chi connectivity index (χ3v) is 1.41. The van der Waals surface area contributed by atoms with Crippen molar-refractivity contribution in [2.45, 2.75) is 13.8 Å². The van der Waals surface area contributed by atoms with Crippen LogP contribution in [0.2, 0.25) is 0 Å². The smallest absolute Gasteiger partial charge is 0.168 e. The van der Waals surface area contributed by atoms with Crippen LogP contribution in [-0.2, 0) is 0 Å². The Kier molecular flexibility index (Phi) is 5.52. The Hall–Kier alpha value is -1.38. The zero-order valence-corrected chi connectivity index (χ0v) is 8.61. The van der Waals surface area contributed by atoms with E-state index in [-0.39, 0.29) is 0 Å². The van der Waals surface area contributed by atoms with E-state index >= 15 is 0 Å². The largest absolute Gasteiger partial charge is 0.376 e. The maximum absolute atomic E-state index is 10.2. The lowest BCUT2D eigenvalue weighted by molar-refractivity contribution is 0.111. The van der Waals surface area contributed by atoms with E-state index in [0.717, 1.165) is 12.0 Å². The van der Waals surface area contributed by atoms with E-state index in [9.17, 15) is 4.79 Å². The average molecular weight is 180 g/mol. The summed E-state index contributed by atoms with van der Waals surface area (Å²) in [5.41, 5.74) is 1.46. The van der Waals surface area contributed by atoms with Crippen LogP contribution in [0.15, 0.2) is 18.3 Å². The molecule has 0 amide bonds. The molecule has 0 fully saturated rings. The zero-order valence-electron chi connectivity index (χ0n) is 8.61. The van der Waals surface area contributed by atoms with Gasteiger partial charge in [0.25, 0.3) is 0 Å². The van der Waals surface area contributed by atoms with Crippen molar-refractivity contribution in [3.05, 3.63) is 24.0 Å². The average Bonchev–Trinajstić information content (AvgIpc) is 2.21. The molecule has 0 aliphatic carbocycles. The van der Waals surface area contributed by atoms with Gasteiger partial charge in [0.05, 0.1) is 11.9 Å². The predicted octanol–water partition coefficient (Wildman–Crippen LogP) is 1.99. The van der Waals surface area contributed by atoms with Crippen LogP contribution in [0.25, 0.3) is 0 Å². The molecule has 0 spiro atoms. The minimum absolute atomic E-state index is 0.468. The first-order valence-corrected chi connectivity index (χ1v) is 4.32. The lowest BCUT2D eigenvalue weighted by atomic mass is 10.3. The molecule has 0 aliphatic rings. The van der Waals surface area contributed by atoms with Gasteiger partial charge < -0.3 is 4.90 Å². The molecule has 0 N–H and O–H groups in total. The summed E-state index contributed by atoms with van der Waals surface area (Å²) >= 11 is 0. The number of carbonyl (C=O) groups is 1. The quantitative estimate of drug-likeness (QED) is 0.652. The number of hydrogen-bond acceptors (Lipinski definition) is 3. The van der Waals surface area contributed by atoms with Crippen LogP contribution in [-0.4, -0.2) is 25.4 Å². The van der Waals surface area contributed by atoms with Crippen LogP contribution < -0.4 is 4.90 Å². The van der Waals surface area contributed by atoms with Gasteiger partial charge in [-0.25, -0.2) is 0 Å². The van der Waals surface area contributed by atoms with Gasteiger partial charge in [0.15, 0.2) is 6.29 Å². The molecule has 0 aliphatic heterocycles. The number of rotatable bonds is 2. The van der Waals surface area contributed by atoms with Crippen molar-refractivity contribution in [2.75, 3.05) is 19.0 Å². The molecule has 1 heterocycles. The topological polar surface area (TPSA) is 33.2 Å². The van der Waals surface area contributed by atoms with E-state index in [1.54, 1.807) is 12.3 Å². The first kappa shape index (κ1) is 11.6. The molecule has 3 heteroatoms. The number of hydrogen-bond donors (Lipinski definition) is 0. The Labute approximate surface area is 79.4 Å². The summed E-state index contributed by atoms with van der Waals surface area (Å²) in [6.45, 7) is 4.00. The summed E-state index contributed by atoms with van der Waals surface area (Å²) in [5.74, 6) is 0. The van der Waals surface area contributed by atoms with Crippen molar-refractivity contribution in [1.82, 2.24) is 4.98 Å². The van der Waals surface area contributed by atoms with Crippen molar-refractivity contribution in [3.63, 3.8) is 0 Å². The minimum atomic E-state index is 0.468. The summed E-state index contributed by atoms with van der Waals surface area (Å²) in [7, 11) is 3.86. The van der Waals surface area contributed by atoms with Gasteiger partial charge in [0.1, 0.15) is 5.69 Å². The number of aromatic nitrogens is 1. The third kappa shape index (κ3) is 3.69. The highest BCUT2D eigenvalue weighted by atomic mass is 16.1. The fourth-order valence-corrected chi connectivity index (χ4v) is 0.732. The lowest BCUT2D eigenvalue weighted by Gasteiger charge is -2.10. The molecule has 1 rings (SSSR count). The molecule has 0 aromatic carbocycles. The maximum atomic E-state index is 10.2.